The first-order valence-corrected chi connectivity index (χ1v) is 13.7. The van der Waals surface area contributed by atoms with Gasteiger partial charge in [-0.2, -0.15) is 46.4 Å². The number of amides is 2. The zero-order valence-corrected chi connectivity index (χ0v) is 25.5. The molecule has 0 aliphatic carbocycles. The minimum absolute atomic E-state index is 0.00550. The molecule has 0 saturated carbocycles. The van der Waals surface area contributed by atoms with Gasteiger partial charge in [0.2, 0.25) is 0 Å². The number of benzene rings is 1. The molecule has 0 fully saturated rings. The van der Waals surface area contributed by atoms with Crippen LogP contribution in [0.1, 0.15) is 64.1 Å². The highest BCUT2D eigenvalue weighted by Crippen LogP contribution is 2.52. The first-order chi connectivity index (χ1) is 21.1. The molecule has 3 heterocycles. The van der Waals surface area contributed by atoms with Crippen molar-refractivity contribution in [2.24, 2.45) is 0 Å². The molecule has 0 atom stereocenters. The van der Waals surface area contributed by atoms with Gasteiger partial charge < -0.3 is 10.6 Å². The maximum Gasteiger partial charge on any atom is 0.437 e. The topological polar surface area (TPSA) is 120 Å². The number of aromatic nitrogens is 6. The Morgan fingerprint density at radius 2 is 1.59 bits per heavy atom. The summed E-state index contributed by atoms with van der Waals surface area (Å²) < 4.78 is 94.7. The zero-order valence-electron chi connectivity index (χ0n) is 24.8. The Labute approximate surface area is 261 Å². The summed E-state index contributed by atoms with van der Waals surface area (Å²) in [5.41, 5.74) is -7.23. The van der Waals surface area contributed by atoms with Gasteiger partial charge in [-0.3, -0.25) is 9.59 Å². The molecule has 2 N–H and O–H groups in total. The van der Waals surface area contributed by atoms with Crippen LogP contribution in [0.2, 0.25) is 5.02 Å². The van der Waals surface area contributed by atoms with Crippen molar-refractivity contribution < 1.29 is 40.3 Å². The maximum absolute atomic E-state index is 14.5. The third kappa shape index (κ3) is 6.83. The Morgan fingerprint density at radius 3 is 2.17 bits per heavy atom. The summed E-state index contributed by atoms with van der Waals surface area (Å²) in [6, 6.07) is 7.37. The number of alkyl halides is 7. The van der Waals surface area contributed by atoms with Gasteiger partial charge in [0.25, 0.3) is 11.8 Å². The number of anilines is 1. The van der Waals surface area contributed by atoms with E-state index < -0.39 is 47.6 Å². The minimum atomic E-state index is -6.38. The number of aryl methyl sites for hydroxylation is 2. The van der Waals surface area contributed by atoms with Gasteiger partial charge in [0, 0.05) is 11.7 Å². The van der Waals surface area contributed by atoms with Gasteiger partial charge in [-0.15, -0.1) is 0 Å². The van der Waals surface area contributed by atoms with Gasteiger partial charge in [0.05, 0.1) is 28.2 Å². The number of nitrogens with zero attached hydrogens (tertiary/aromatic N) is 6. The third-order valence-electron chi connectivity index (χ3n) is 6.36. The van der Waals surface area contributed by atoms with Crippen LogP contribution in [0.25, 0.3) is 5.82 Å². The van der Waals surface area contributed by atoms with Crippen LogP contribution in [-0.4, -0.2) is 59.5 Å². The molecular weight excluding hydrogens is 649 g/mol. The lowest BCUT2D eigenvalue weighted by molar-refractivity contribution is -0.350. The Morgan fingerprint density at radius 1 is 0.935 bits per heavy atom. The van der Waals surface area contributed by atoms with E-state index in [1.54, 1.807) is 46.8 Å². The lowest BCUT2D eigenvalue weighted by Crippen LogP contribution is -2.50. The first-order valence-electron chi connectivity index (χ1n) is 13.3. The number of carbonyl (C=O) groups is 2. The summed E-state index contributed by atoms with van der Waals surface area (Å²) in [7, 11) is 0. The fourth-order valence-electron chi connectivity index (χ4n) is 4.39. The Hall–Kier alpha value is -4.54. The summed E-state index contributed by atoms with van der Waals surface area (Å²) in [4.78, 5) is 31.3. The molecule has 3 aromatic heterocycles. The molecule has 246 valence electrons. The Balaban J connectivity index is 1.76. The lowest BCUT2D eigenvalue weighted by atomic mass is 10.0. The minimum Gasteiger partial charge on any atom is -0.347 e. The van der Waals surface area contributed by atoms with Crippen molar-refractivity contribution >= 4 is 29.1 Å². The third-order valence-corrected chi connectivity index (χ3v) is 6.65. The summed E-state index contributed by atoms with van der Waals surface area (Å²) in [5, 5.41) is 16.2. The molecule has 0 bridgehead atoms. The predicted molar refractivity (Wildman–Crippen MR) is 151 cm³/mol. The van der Waals surface area contributed by atoms with Crippen LogP contribution >= 0.6 is 11.6 Å². The average Bonchev–Trinajstić information content (AvgIpc) is 3.55. The molecule has 4 aromatic rings. The second-order valence-electron chi connectivity index (χ2n) is 11.3. The number of hydrogen-bond acceptors (Lipinski definition) is 6. The van der Waals surface area contributed by atoms with Crippen molar-refractivity contribution in [2.45, 2.75) is 64.7 Å². The van der Waals surface area contributed by atoms with E-state index in [4.69, 9.17) is 11.6 Å². The van der Waals surface area contributed by atoms with E-state index in [1.807, 2.05) is 0 Å². The van der Waals surface area contributed by atoms with Crippen LogP contribution in [0.3, 0.4) is 0 Å². The van der Waals surface area contributed by atoms with Gasteiger partial charge in [-0.25, -0.2) is 14.1 Å². The van der Waals surface area contributed by atoms with Crippen LogP contribution in [0, 0.1) is 13.8 Å². The van der Waals surface area contributed by atoms with Gasteiger partial charge in [0.1, 0.15) is 17.9 Å². The number of nitrogens with one attached hydrogen (secondary N) is 2. The van der Waals surface area contributed by atoms with Crippen LogP contribution in [0.5, 0.6) is 0 Å². The fraction of sp³-hybridized carbons (Fsp3) is 0.357. The molecular formula is C28H26ClF7N8O2. The van der Waals surface area contributed by atoms with Crippen LogP contribution in [0.4, 0.5) is 36.4 Å². The molecule has 18 heteroatoms. The Bertz CT molecular complexity index is 1780. The molecule has 2 amide bonds. The molecule has 0 unspecified atom stereocenters. The highest BCUT2D eigenvalue weighted by molar-refractivity contribution is 6.32. The van der Waals surface area contributed by atoms with Gasteiger partial charge in [-0.05, 0) is 70.0 Å². The van der Waals surface area contributed by atoms with Crippen molar-refractivity contribution in [3.63, 3.8) is 0 Å². The average molecular weight is 675 g/mol. The van der Waals surface area contributed by atoms with Gasteiger partial charge in [0.15, 0.2) is 5.82 Å². The molecule has 46 heavy (non-hydrogen) atoms. The monoisotopic (exact) mass is 674 g/mol. The van der Waals surface area contributed by atoms with E-state index in [1.165, 1.54) is 18.3 Å². The van der Waals surface area contributed by atoms with Gasteiger partial charge >= 0.3 is 18.0 Å². The molecule has 0 spiro atoms. The number of carbonyl (C=O) groups excluding carboxylic acids is 2. The second kappa shape index (κ2) is 12.0. The first kappa shape index (κ1) is 34.3. The summed E-state index contributed by atoms with van der Waals surface area (Å²) in [6.45, 7) is 8.08. The highest BCUT2D eigenvalue weighted by atomic mass is 35.5. The standard InChI is InChI=1S/C28H26ClF7N8O2/c1-14-9-15(2)21(17(10-14)23(45)40-25(3,4)5)39-24(46)19-11-16(41-44(19)22-18(29)7-6-8-37-22)13-43-38-12-20(42-43)26(30,27(31,32)33)28(34,35)36/h6-12H,13H2,1-5H3,(H,39,46)(H,40,45). The summed E-state index contributed by atoms with van der Waals surface area (Å²) in [6.07, 6.45) is -11.4. The molecule has 0 aliphatic rings. The summed E-state index contributed by atoms with van der Waals surface area (Å²) in [5.74, 6) is -1.36. The van der Waals surface area contributed by atoms with E-state index in [9.17, 15) is 40.3 Å². The molecule has 1 aromatic carbocycles. The predicted octanol–water partition coefficient (Wildman–Crippen LogP) is 6.25. The van der Waals surface area contributed by atoms with E-state index in [0.717, 1.165) is 16.3 Å². The molecule has 4 rings (SSSR count). The van der Waals surface area contributed by atoms with Crippen LogP contribution in [-0.2, 0) is 12.2 Å². The normalized spacial score (nSPS) is 12.7. The second-order valence-corrected chi connectivity index (χ2v) is 11.7. The quantitative estimate of drug-likeness (QED) is 0.224. The van der Waals surface area contributed by atoms with E-state index in [2.05, 4.69) is 30.9 Å². The lowest BCUT2D eigenvalue weighted by Gasteiger charge is -2.27. The van der Waals surface area contributed by atoms with Crippen LogP contribution in [0.15, 0.2) is 42.7 Å². The van der Waals surface area contributed by atoms with Crippen LogP contribution < -0.4 is 10.6 Å². The molecule has 0 radical (unpaired) electrons. The fourth-order valence-corrected chi connectivity index (χ4v) is 4.59. The maximum atomic E-state index is 14.5. The van der Waals surface area contributed by atoms with E-state index in [0.29, 0.717) is 10.4 Å². The number of halogens is 8. The number of rotatable bonds is 7. The molecule has 0 aliphatic heterocycles. The smallest absolute Gasteiger partial charge is 0.347 e. The van der Waals surface area contributed by atoms with E-state index in [-0.39, 0.29) is 39.7 Å². The van der Waals surface area contributed by atoms with Gasteiger partial charge in [-0.1, -0.05) is 17.7 Å². The molecule has 0 saturated heterocycles. The van der Waals surface area contributed by atoms with Crippen molar-refractivity contribution in [3.05, 3.63) is 81.5 Å². The Kier molecular flexibility index (Phi) is 8.96. The van der Waals surface area contributed by atoms with Crippen molar-refractivity contribution in [3.8, 4) is 5.82 Å². The molecule has 10 nitrogen and oxygen atoms in total. The largest absolute Gasteiger partial charge is 0.437 e. The SMILES string of the molecule is Cc1cc(C)c(NC(=O)c2cc(Cn3ncc(C(F)(C(F)(F)F)C(F)(F)F)n3)nn2-c2ncccc2Cl)c(C(=O)NC(C)(C)C)c1. The zero-order chi connectivity index (χ0) is 34.4. The van der Waals surface area contributed by atoms with E-state index >= 15 is 0 Å². The van der Waals surface area contributed by atoms with Crippen molar-refractivity contribution in [1.29, 1.82) is 0 Å². The van der Waals surface area contributed by atoms with Crippen molar-refractivity contribution in [2.75, 3.05) is 5.32 Å². The highest BCUT2D eigenvalue weighted by Gasteiger charge is 2.75. The van der Waals surface area contributed by atoms with Crippen molar-refractivity contribution in [1.82, 2.24) is 35.1 Å². The number of hydrogen-bond donors (Lipinski definition) is 2. The summed E-state index contributed by atoms with van der Waals surface area (Å²) >= 11 is 6.28. The number of pyridine rings is 1.